The van der Waals surface area contributed by atoms with Crippen molar-refractivity contribution in [2.45, 2.75) is 19.6 Å². The molecule has 1 unspecified atom stereocenters. The number of nitrogens with zero attached hydrogens (tertiary/aromatic N) is 5. The van der Waals surface area contributed by atoms with Gasteiger partial charge in [0.1, 0.15) is 12.1 Å². The zero-order chi connectivity index (χ0) is 23.5. The molecule has 1 aromatic carbocycles. The van der Waals surface area contributed by atoms with E-state index in [1.807, 2.05) is 24.4 Å². The fourth-order valence-corrected chi connectivity index (χ4v) is 4.55. The van der Waals surface area contributed by atoms with Crippen molar-refractivity contribution in [2.75, 3.05) is 38.6 Å². The van der Waals surface area contributed by atoms with E-state index in [4.69, 9.17) is 16.3 Å². The highest BCUT2D eigenvalue weighted by atomic mass is 35.5. The molecule has 3 N–H and O–H groups in total. The normalized spacial score (nSPS) is 15.5. The monoisotopic (exact) mass is 478 g/mol. The maximum absolute atomic E-state index is 6.76. The number of nitrogens with one attached hydrogen (secondary N) is 3. The van der Waals surface area contributed by atoms with Crippen LogP contribution in [0.2, 0.25) is 5.02 Å². The minimum absolute atomic E-state index is 0.314. The molecule has 0 saturated carbocycles. The Kier molecular flexibility index (Phi) is 6.68. The summed E-state index contributed by atoms with van der Waals surface area (Å²) in [4.78, 5) is 23.5. The molecule has 0 radical (unpaired) electrons. The Hall–Kier alpha value is -3.11. The summed E-state index contributed by atoms with van der Waals surface area (Å²) in [6, 6.07) is 10.2. The number of piperazine rings is 1. The molecule has 10 heteroatoms. The molecule has 4 heterocycles. The van der Waals surface area contributed by atoms with Gasteiger partial charge in [0.2, 0.25) is 5.95 Å². The van der Waals surface area contributed by atoms with Crippen molar-refractivity contribution in [3.8, 4) is 11.3 Å². The summed E-state index contributed by atoms with van der Waals surface area (Å²) in [6.45, 7) is 6.76. The van der Waals surface area contributed by atoms with Gasteiger partial charge in [0.05, 0.1) is 34.1 Å². The van der Waals surface area contributed by atoms with E-state index < -0.39 is 0 Å². The number of imidazole rings is 1. The predicted octanol–water partition coefficient (Wildman–Crippen LogP) is 3.92. The average molecular weight is 479 g/mol. The SMILES string of the molecule is COCc1cc(-c2ccc3nc(Nc4cc(C(C)N5CCNCC5)ccn4)[nH]c3c2Cl)ncn1. The van der Waals surface area contributed by atoms with E-state index in [-0.39, 0.29) is 0 Å². The molecule has 0 spiro atoms. The lowest BCUT2D eigenvalue weighted by atomic mass is 10.1. The van der Waals surface area contributed by atoms with Crippen molar-refractivity contribution in [1.82, 2.24) is 35.1 Å². The van der Waals surface area contributed by atoms with E-state index in [1.54, 1.807) is 7.11 Å². The highest BCUT2D eigenvalue weighted by molar-refractivity contribution is 6.37. The number of benzene rings is 1. The third kappa shape index (κ3) is 4.74. The number of ether oxygens (including phenoxy) is 1. The van der Waals surface area contributed by atoms with Crippen LogP contribution in [0.1, 0.15) is 24.2 Å². The fraction of sp³-hybridized carbons (Fsp3) is 0.333. The van der Waals surface area contributed by atoms with Gasteiger partial charge in [0, 0.05) is 51.1 Å². The van der Waals surface area contributed by atoms with Crippen LogP contribution in [0.5, 0.6) is 0 Å². The molecule has 1 aliphatic rings. The third-order valence-electron chi connectivity index (χ3n) is 6.10. The second-order valence-electron chi connectivity index (χ2n) is 8.30. The van der Waals surface area contributed by atoms with Crippen LogP contribution in [-0.4, -0.2) is 63.1 Å². The van der Waals surface area contributed by atoms with Crippen LogP contribution in [0.4, 0.5) is 11.8 Å². The van der Waals surface area contributed by atoms with Crippen molar-refractivity contribution in [3.05, 3.63) is 59.1 Å². The second kappa shape index (κ2) is 10.0. The van der Waals surface area contributed by atoms with Crippen LogP contribution in [0.15, 0.2) is 42.9 Å². The Morgan fingerprint density at radius 3 is 2.82 bits per heavy atom. The zero-order valence-electron chi connectivity index (χ0n) is 19.2. The number of fused-ring (bicyclic) bond motifs is 1. The summed E-state index contributed by atoms with van der Waals surface area (Å²) in [6.07, 6.45) is 3.35. The van der Waals surface area contributed by atoms with Crippen molar-refractivity contribution in [1.29, 1.82) is 0 Å². The average Bonchev–Trinajstić information content (AvgIpc) is 3.28. The molecular formula is C24H27ClN8O. The minimum Gasteiger partial charge on any atom is -0.378 e. The number of anilines is 2. The van der Waals surface area contributed by atoms with Gasteiger partial charge >= 0.3 is 0 Å². The topological polar surface area (TPSA) is 104 Å². The Morgan fingerprint density at radius 2 is 2.00 bits per heavy atom. The van der Waals surface area contributed by atoms with Crippen LogP contribution >= 0.6 is 11.6 Å². The van der Waals surface area contributed by atoms with E-state index in [0.29, 0.717) is 23.6 Å². The Bertz CT molecular complexity index is 1290. The molecule has 3 aromatic heterocycles. The molecule has 0 aliphatic carbocycles. The first-order chi connectivity index (χ1) is 16.6. The molecule has 9 nitrogen and oxygen atoms in total. The van der Waals surface area contributed by atoms with Crippen molar-refractivity contribution < 1.29 is 4.74 Å². The van der Waals surface area contributed by atoms with E-state index in [2.05, 4.69) is 59.5 Å². The quantitative estimate of drug-likeness (QED) is 0.367. The van der Waals surface area contributed by atoms with Crippen LogP contribution in [-0.2, 0) is 11.3 Å². The first kappa shape index (κ1) is 22.7. The summed E-state index contributed by atoms with van der Waals surface area (Å²) in [5.74, 6) is 1.31. The molecular weight excluding hydrogens is 452 g/mol. The van der Waals surface area contributed by atoms with E-state index in [0.717, 1.165) is 60.0 Å². The second-order valence-corrected chi connectivity index (χ2v) is 8.67. The van der Waals surface area contributed by atoms with Gasteiger partial charge in [-0.05, 0) is 42.8 Å². The van der Waals surface area contributed by atoms with Crippen molar-refractivity contribution >= 4 is 34.4 Å². The van der Waals surface area contributed by atoms with E-state index in [9.17, 15) is 0 Å². The number of aromatic nitrogens is 5. The maximum Gasteiger partial charge on any atom is 0.206 e. The van der Waals surface area contributed by atoms with Crippen LogP contribution in [0, 0.1) is 0 Å². The number of pyridine rings is 1. The van der Waals surface area contributed by atoms with E-state index >= 15 is 0 Å². The standard InChI is InChI=1S/C24H27ClN8O/c1-15(33-9-7-26-8-10-33)16-5-6-27-21(11-16)31-24-30-19-4-3-18(22(25)23(19)32-24)20-12-17(13-34-2)28-14-29-20/h3-6,11-12,14-15,26H,7-10,13H2,1-2H3,(H2,27,30,31,32). The molecule has 1 atom stereocenters. The maximum atomic E-state index is 6.76. The van der Waals surface area contributed by atoms with Gasteiger partial charge in [-0.2, -0.15) is 0 Å². The number of methoxy groups -OCH3 is 1. The summed E-state index contributed by atoms with van der Waals surface area (Å²) >= 11 is 6.76. The molecule has 0 amide bonds. The van der Waals surface area contributed by atoms with E-state index in [1.165, 1.54) is 11.9 Å². The minimum atomic E-state index is 0.314. The Labute approximate surface area is 203 Å². The predicted molar refractivity (Wildman–Crippen MR) is 133 cm³/mol. The Morgan fingerprint density at radius 1 is 1.15 bits per heavy atom. The molecule has 176 valence electrons. The van der Waals surface area contributed by atoms with Gasteiger partial charge in [-0.1, -0.05) is 11.6 Å². The summed E-state index contributed by atoms with van der Waals surface area (Å²) in [5.41, 5.74) is 5.03. The number of H-pyrrole nitrogens is 1. The molecule has 34 heavy (non-hydrogen) atoms. The number of halogens is 1. The number of hydrogen-bond donors (Lipinski definition) is 3. The fourth-order valence-electron chi connectivity index (χ4n) is 4.25. The number of hydrogen-bond acceptors (Lipinski definition) is 8. The third-order valence-corrected chi connectivity index (χ3v) is 6.49. The molecule has 5 rings (SSSR count). The van der Waals surface area contributed by atoms with Gasteiger partial charge < -0.3 is 20.4 Å². The van der Waals surface area contributed by atoms with Gasteiger partial charge in [-0.3, -0.25) is 4.90 Å². The number of aromatic amines is 1. The van der Waals surface area contributed by atoms with Gasteiger partial charge in [0.15, 0.2) is 0 Å². The molecule has 4 aromatic rings. The van der Waals surface area contributed by atoms with Crippen LogP contribution in [0.25, 0.3) is 22.3 Å². The smallest absolute Gasteiger partial charge is 0.206 e. The zero-order valence-corrected chi connectivity index (χ0v) is 19.9. The first-order valence-corrected chi connectivity index (χ1v) is 11.7. The summed E-state index contributed by atoms with van der Waals surface area (Å²) in [7, 11) is 1.64. The van der Waals surface area contributed by atoms with Gasteiger partial charge in [-0.15, -0.1) is 0 Å². The molecule has 1 aliphatic heterocycles. The largest absolute Gasteiger partial charge is 0.378 e. The summed E-state index contributed by atoms with van der Waals surface area (Å²) < 4.78 is 5.18. The van der Waals surface area contributed by atoms with Gasteiger partial charge in [-0.25, -0.2) is 19.9 Å². The lowest BCUT2D eigenvalue weighted by Gasteiger charge is -2.33. The lowest BCUT2D eigenvalue weighted by Crippen LogP contribution is -2.44. The lowest BCUT2D eigenvalue weighted by molar-refractivity contribution is 0.181. The van der Waals surface area contributed by atoms with Crippen molar-refractivity contribution in [3.63, 3.8) is 0 Å². The molecule has 0 bridgehead atoms. The van der Waals surface area contributed by atoms with Gasteiger partial charge in [0.25, 0.3) is 0 Å². The molecule has 1 saturated heterocycles. The highest BCUT2D eigenvalue weighted by Crippen LogP contribution is 2.33. The molecule has 1 fully saturated rings. The van der Waals surface area contributed by atoms with Crippen molar-refractivity contribution in [2.24, 2.45) is 0 Å². The first-order valence-electron chi connectivity index (χ1n) is 11.3. The summed E-state index contributed by atoms with van der Waals surface area (Å²) in [5, 5.41) is 7.25. The number of rotatable bonds is 7. The van der Waals surface area contributed by atoms with Crippen LogP contribution < -0.4 is 10.6 Å². The highest BCUT2D eigenvalue weighted by Gasteiger charge is 2.19. The van der Waals surface area contributed by atoms with Crippen LogP contribution in [0.3, 0.4) is 0 Å². The Balaban J connectivity index is 1.39.